The fraction of sp³-hybridized carbons (Fsp3) is 0.333. The minimum atomic E-state index is -0.557. The highest BCUT2D eigenvalue weighted by molar-refractivity contribution is 7.17. The third kappa shape index (κ3) is 4.75. The number of halogens is 1. The normalized spacial score (nSPS) is 12.7. The van der Waals surface area contributed by atoms with Crippen molar-refractivity contribution in [3.63, 3.8) is 0 Å². The number of amides is 1. The molecule has 0 spiro atoms. The molecule has 0 saturated heterocycles. The van der Waals surface area contributed by atoms with Crippen molar-refractivity contribution in [2.24, 2.45) is 0 Å². The standard InChI is InChI=1S/C27H29ClN2O4S/c1-7-19(30(5)26(32)34-27(2,3)4)16-10-8-15(9-11-16)17-12-13-18(28)23-21(17)22-20(33-6)14-35-24(22)25(31)29-23/h8-14,19H,7H2,1-6H3,(H,29,31). The Labute approximate surface area is 213 Å². The van der Waals surface area contributed by atoms with Crippen molar-refractivity contribution in [3.8, 4) is 16.9 Å². The van der Waals surface area contributed by atoms with Gasteiger partial charge in [-0.25, -0.2) is 4.79 Å². The second-order valence-corrected chi connectivity index (χ2v) is 10.7. The smallest absolute Gasteiger partial charge is 0.410 e. The number of H-pyrrole nitrogens is 1. The molecule has 2 aromatic heterocycles. The van der Waals surface area contributed by atoms with E-state index in [0.29, 0.717) is 21.0 Å². The number of hydrogen-bond acceptors (Lipinski definition) is 5. The predicted octanol–water partition coefficient (Wildman–Crippen LogP) is 7.39. The highest BCUT2D eigenvalue weighted by Crippen LogP contribution is 2.42. The second kappa shape index (κ2) is 9.55. The van der Waals surface area contributed by atoms with Gasteiger partial charge in [0.2, 0.25) is 0 Å². The Hall–Kier alpha value is -3.03. The minimum Gasteiger partial charge on any atom is -0.495 e. The first-order valence-electron chi connectivity index (χ1n) is 11.4. The summed E-state index contributed by atoms with van der Waals surface area (Å²) in [5.74, 6) is 0.645. The molecular weight excluding hydrogens is 484 g/mol. The van der Waals surface area contributed by atoms with Crippen LogP contribution < -0.4 is 10.3 Å². The van der Waals surface area contributed by atoms with Crippen LogP contribution >= 0.6 is 22.9 Å². The van der Waals surface area contributed by atoms with E-state index in [1.165, 1.54) is 11.3 Å². The average molecular weight is 513 g/mol. The van der Waals surface area contributed by atoms with E-state index in [0.717, 1.165) is 33.9 Å². The molecule has 0 radical (unpaired) electrons. The molecule has 0 fully saturated rings. The Kier molecular flexibility index (Phi) is 6.84. The molecule has 2 heterocycles. The van der Waals surface area contributed by atoms with E-state index in [-0.39, 0.29) is 17.7 Å². The molecule has 4 aromatic rings. The summed E-state index contributed by atoms with van der Waals surface area (Å²) in [6.45, 7) is 7.62. The summed E-state index contributed by atoms with van der Waals surface area (Å²) in [5.41, 5.74) is 2.74. The highest BCUT2D eigenvalue weighted by atomic mass is 35.5. The quantitative estimate of drug-likeness (QED) is 0.302. The predicted molar refractivity (Wildman–Crippen MR) is 144 cm³/mol. The number of thiophene rings is 1. The van der Waals surface area contributed by atoms with Gasteiger partial charge in [0.1, 0.15) is 16.1 Å². The molecule has 35 heavy (non-hydrogen) atoms. The lowest BCUT2D eigenvalue weighted by Gasteiger charge is -2.30. The third-order valence-corrected chi connectivity index (χ3v) is 7.24. The van der Waals surface area contributed by atoms with Gasteiger partial charge in [0, 0.05) is 17.8 Å². The Morgan fingerprint density at radius 1 is 1.14 bits per heavy atom. The lowest BCUT2D eigenvalue weighted by molar-refractivity contribution is 0.0215. The number of carbonyl (C=O) groups excluding carboxylic acids is 1. The maximum atomic E-state index is 12.7. The summed E-state index contributed by atoms with van der Waals surface area (Å²) in [4.78, 5) is 29.9. The first-order valence-corrected chi connectivity index (χ1v) is 12.7. The molecule has 4 rings (SSSR count). The molecule has 0 aliphatic carbocycles. The van der Waals surface area contributed by atoms with Crippen LogP contribution in [0.2, 0.25) is 5.02 Å². The van der Waals surface area contributed by atoms with Gasteiger partial charge >= 0.3 is 6.09 Å². The number of hydrogen-bond donors (Lipinski definition) is 1. The van der Waals surface area contributed by atoms with Crippen molar-refractivity contribution < 1.29 is 14.3 Å². The number of aromatic nitrogens is 1. The first-order chi connectivity index (χ1) is 16.6. The van der Waals surface area contributed by atoms with Crippen LogP contribution in [0.25, 0.3) is 32.1 Å². The SMILES string of the molecule is CCC(c1ccc(-c2ccc(Cl)c3[nH]c(=O)c4scc(OC)c4c23)cc1)N(C)C(=O)OC(C)(C)C. The second-order valence-electron chi connectivity index (χ2n) is 9.44. The number of nitrogens with one attached hydrogen (secondary N) is 1. The number of aromatic amines is 1. The number of ether oxygens (including phenoxy) is 2. The number of pyridine rings is 1. The number of fused-ring (bicyclic) bond motifs is 3. The van der Waals surface area contributed by atoms with E-state index in [2.05, 4.69) is 4.98 Å². The molecule has 1 unspecified atom stereocenters. The molecule has 8 heteroatoms. The van der Waals surface area contributed by atoms with Crippen molar-refractivity contribution in [3.05, 3.63) is 62.7 Å². The van der Waals surface area contributed by atoms with Crippen LogP contribution in [-0.2, 0) is 4.74 Å². The molecule has 1 N–H and O–H groups in total. The molecule has 184 valence electrons. The third-order valence-electron chi connectivity index (χ3n) is 5.97. The molecule has 1 amide bonds. The van der Waals surface area contributed by atoms with Crippen LogP contribution in [0.15, 0.2) is 46.6 Å². The zero-order valence-electron chi connectivity index (χ0n) is 20.7. The zero-order valence-corrected chi connectivity index (χ0v) is 22.3. The lowest BCUT2D eigenvalue weighted by atomic mass is 9.95. The van der Waals surface area contributed by atoms with Gasteiger partial charge in [0.15, 0.2) is 0 Å². The summed E-state index contributed by atoms with van der Waals surface area (Å²) in [5, 5.41) is 3.91. The van der Waals surface area contributed by atoms with Crippen LogP contribution in [0, 0.1) is 0 Å². The van der Waals surface area contributed by atoms with Gasteiger partial charge in [0.05, 0.1) is 29.1 Å². The number of rotatable bonds is 5. The molecule has 0 bridgehead atoms. The molecule has 0 aliphatic heterocycles. The minimum absolute atomic E-state index is 0.124. The van der Waals surface area contributed by atoms with Crippen LogP contribution in [0.1, 0.15) is 45.7 Å². The summed E-state index contributed by atoms with van der Waals surface area (Å²) in [7, 11) is 3.36. The lowest BCUT2D eigenvalue weighted by Crippen LogP contribution is -2.36. The largest absolute Gasteiger partial charge is 0.495 e. The van der Waals surface area contributed by atoms with Crippen molar-refractivity contribution in [2.45, 2.75) is 45.8 Å². The van der Waals surface area contributed by atoms with Gasteiger partial charge in [-0.2, -0.15) is 0 Å². The van der Waals surface area contributed by atoms with Crippen LogP contribution in [0.4, 0.5) is 4.79 Å². The fourth-order valence-corrected chi connectivity index (χ4v) is 5.47. The fourth-order valence-electron chi connectivity index (χ4n) is 4.35. The molecule has 0 saturated carbocycles. The Balaban J connectivity index is 1.80. The van der Waals surface area contributed by atoms with Gasteiger partial charge in [-0.3, -0.25) is 4.79 Å². The Morgan fingerprint density at radius 2 is 1.83 bits per heavy atom. The number of nitrogens with zero attached hydrogens (tertiary/aromatic N) is 1. The van der Waals surface area contributed by atoms with E-state index in [1.807, 2.05) is 63.4 Å². The maximum Gasteiger partial charge on any atom is 0.410 e. The monoisotopic (exact) mass is 512 g/mol. The Bertz CT molecular complexity index is 1450. The summed E-state index contributed by atoms with van der Waals surface area (Å²) < 4.78 is 11.7. The van der Waals surface area contributed by atoms with Crippen molar-refractivity contribution in [2.75, 3.05) is 14.2 Å². The summed E-state index contributed by atoms with van der Waals surface area (Å²) in [6, 6.07) is 11.7. The zero-order chi connectivity index (χ0) is 25.5. The van der Waals surface area contributed by atoms with E-state index in [9.17, 15) is 9.59 Å². The maximum absolute atomic E-state index is 12.7. The van der Waals surface area contributed by atoms with Crippen LogP contribution in [0.5, 0.6) is 5.75 Å². The number of benzene rings is 2. The summed E-state index contributed by atoms with van der Waals surface area (Å²) in [6.07, 6.45) is 0.389. The van der Waals surface area contributed by atoms with Gasteiger partial charge in [-0.15, -0.1) is 11.3 Å². The highest BCUT2D eigenvalue weighted by Gasteiger charge is 2.25. The van der Waals surface area contributed by atoms with Gasteiger partial charge in [0.25, 0.3) is 5.56 Å². The van der Waals surface area contributed by atoms with E-state index >= 15 is 0 Å². The van der Waals surface area contributed by atoms with E-state index in [1.54, 1.807) is 25.1 Å². The van der Waals surface area contributed by atoms with Crippen LogP contribution in [-0.4, -0.2) is 35.7 Å². The molecule has 2 aromatic carbocycles. The first kappa shape index (κ1) is 25.1. The molecule has 6 nitrogen and oxygen atoms in total. The summed E-state index contributed by atoms with van der Waals surface area (Å²) >= 11 is 7.84. The van der Waals surface area contributed by atoms with Crippen LogP contribution in [0.3, 0.4) is 0 Å². The van der Waals surface area contributed by atoms with Crippen molar-refractivity contribution in [1.82, 2.24) is 9.88 Å². The van der Waals surface area contributed by atoms with Gasteiger partial charge < -0.3 is 19.4 Å². The molecular formula is C27H29ClN2O4S. The van der Waals surface area contributed by atoms with Gasteiger partial charge in [-0.1, -0.05) is 48.9 Å². The average Bonchev–Trinajstić information content (AvgIpc) is 3.25. The van der Waals surface area contributed by atoms with Crippen molar-refractivity contribution in [1.29, 1.82) is 0 Å². The van der Waals surface area contributed by atoms with Crippen molar-refractivity contribution >= 4 is 50.0 Å². The topological polar surface area (TPSA) is 71.6 Å². The molecule has 0 aliphatic rings. The van der Waals surface area contributed by atoms with Gasteiger partial charge in [-0.05, 0) is 49.9 Å². The number of carbonyl (C=O) groups is 1. The van der Waals surface area contributed by atoms with E-state index < -0.39 is 5.60 Å². The van der Waals surface area contributed by atoms with E-state index in [4.69, 9.17) is 21.1 Å². The Morgan fingerprint density at radius 3 is 2.43 bits per heavy atom. The molecule has 1 atom stereocenters. The number of methoxy groups -OCH3 is 1.